The number of halogens is 2. The molecule has 84 valence electrons. The molecule has 1 saturated carbocycles. The molecule has 0 unspecified atom stereocenters. The van der Waals surface area contributed by atoms with Crippen molar-refractivity contribution < 1.29 is 8.78 Å². The van der Waals surface area contributed by atoms with Crippen molar-refractivity contribution >= 4 is 11.5 Å². The number of alkyl halides is 2. The summed E-state index contributed by atoms with van der Waals surface area (Å²) in [5.41, 5.74) is 6.02. The quantitative estimate of drug-likeness (QED) is 0.792. The number of aromatic nitrogens is 4. The minimum absolute atomic E-state index is 0.171. The van der Waals surface area contributed by atoms with Gasteiger partial charge < -0.3 is 5.73 Å². The summed E-state index contributed by atoms with van der Waals surface area (Å²) in [5.74, 6) is -2.01. The summed E-state index contributed by atoms with van der Waals surface area (Å²) < 4.78 is 27.2. The number of nitrogens with zero attached hydrogens (tertiary/aromatic N) is 4. The molecule has 16 heavy (non-hydrogen) atoms. The van der Waals surface area contributed by atoms with E-state index in [1.165, 1.54) is 6.20 Å². The number of hydrogen-bond acceptors (Lipinski definition) is 4. The van der Waals surface area contributed by atoms with Gasteiger partial charge in [0.1, 0.15) is 5.82 Å². The van der Waals surface area contributed by atoms with Crippen LogP contribution in [0.5, 0.6) is 0 Å². The van der Waals surface area contributed by atoms with Gasteiger partial charge in [-0.1, -0.05) is 0 Å². The van der Waals surface area contributed by atoms with Crippen LogP contribution in [-0.2, 0) is 0 Å². The van der Waals surface area contributed by atoms with Crippen molar-refractivity contribution in [3.8, 4) is 0 Å². The number of nitrogen functional groups attached to an aromatic ring is 1. The molecule has 1 aliphatic rings. The number of hydrogen-bond donors (Lipinski definition) is 1. The number of fused-ring (bicyclic) bond motifs is 1. The van der Waals surface area contributed by atoms with Crippen LogP contribution in [0.25, 0.3) is 5.65 Å². The highest BCUT2D eigenvalue weighted by Gasteiger charge is 2.47. The van der Waals surface area contributed by atoms with Crippen LogP contribution >= 0.6 is 0 Å². The Hall–Kier alpha value is -1.79. The highest BCUT2D eigenvalue weighted by atomic mass is 19.3. The van der Waals surface area contributed by atoms with E-state index >= 15 is 0 Å². The van der Waals surface area contributed by atoms with Gasteiger partial charge in [-0.25, -0.2) is 13.8 Å². The lowest BCUT2D eigenvalue weighted by Crippen LogP contribution is -2.34. The third-order valence-electron chi connectivity index (χ3n) is 2.84. The van der Waals surface area contributed by atoms with Crippen LogP contribution in [0.1, 0.15) is 24.6 Å². The predicted octanol–water partition coefficient (Wildman–Crippen LogP) is 1.22. The summed E-state index contributed by atoms with van der Waals surface area (Å²) in [4.78, 5) is 3.86. The lowest BCUT2D eigenvalue weighted by molar-refractivity contribution is -0.0887. The van der Waals surface area contributed by atoms with E-state index in [1.807, 2.05) is 0 Å². The van der Waals surface area contributed by atoms with E-state index in [4.69, 9.17) is 5.73 Å². The van der Waals surface area contributed by atoms with Crippen LogP contribution in [0, 0.1) is 0 Å². The molecule has 2 aromatic heterocycles. The maximum absolute atomic E-state index is 12.8. The van der Waals surface area contributed by atoms with Gasteiger partial charge in [0.15, 0.2) is 5.82 Å². The lowest BCUT2D eigenvalue weighted by atomic mass is 9.81. The van der Waals surface area contributed by atoms with E-state index in [0.29, 0.717) is 11.5 Å². The second-order valence-electron chi connectivity index (χ2n) is 4.03. The van der Waals surface area contributed by atoms with E-state index in [-0.39, 0.29) is 24.6 Å². The predicted molar refractivity (Wildman–Crippen MR) is 52.1 cm³/mol. The molecule has 2 aromatic rings. The third kappa shape index (κ3) is 1.24. The first-order valence-electron chi connectivity index (χ1n) is 4.90. The Morgan fingerprint density at radius 2 is 2.12 bits per heavy atom. The molecule has 2 heterocycles. The minimum Gasteiger partial charge on any atom is -0.381 e. The zero-order chi connectivity index (χ0) is 11.3. The fourth-order valence-corrected chi connectivity index (χ4v) is 1.99. The monoisotopic (exact) mass is 225 g/mol. The number of rotatable bonds is 1. The van der Waals surface area contributed by atoms with Crippen LogP contribution in [0.15, 0.2) is 12.4 Å². The molecule has 0 saturated heterocycles. The molecule has 3 rings (SSSR count). The first-order valence-corrected chi connectivity index (χ1v) is 4.90. The lowest BCUT2D eigenvalue weighted by Gasteiger charge is -2.33. The highest BCUT2D eigenvalue weighted by Crippen LogP contribution is 2.47. The Bertz CT molecular complexity index is 542. The first-order chi connectivity index (χ1) is 7.57. The Labute approximate surface area is 89.3 Å². The molecule has 0 amide bonds. The van der Waals surface area contributed by atoms with Crippen molar-refractivity contribution in [3.05, 3.63) is 18.2 Å². The average molecular weight is 225 g/mol. The Kier molecular flexibility index (Phi) is 1.69. The maximum Gasteiger partial charge on any atom is 0.249 e. The summed E-state index contributed by atoms with van der Waals surface area (Å²) in [7, 11) is 0. The molecular formula is C9H9F2N5. The van der Waals surface area contributed by atoms with Gasteiger partial charge >= 0.3 is 0 Å². The van der Waals surface area contributed by atoms with Crippen LogP contribution in [0.3, 0.4) is 0 Å². The van der Waals surface area contributed by atoms with Crippen molar-refractivity contribution in [1.29, 1.82) is 0 Å². The van der Waals surface area contributed by atoms with Gasteiger partial charge in [-0.15, -0.1) is 10.2 Å². The standard InChI is InChI=1S/C9H9F2N5/c10-9(11)3-5(4-9)7-14-15-8-6(12)13-1-2-16(7)8/h1-2,5H,3-4H2,(H2,12,13). The minimum atomic E-state index is -2.56. The molecule has 0 radical (unpaired) electrons. The van der Waals surface area contributed by atoms with Crippen LogP contribution < -0.4 is 5.73 Å². The van der Waals surface area contributed by atoms with Gasteiger partial charge in [-0.05, 0) is 0 Å². The third-order valence-corrected chi connectivity index (χ3v) is 2.84. The van der Waals surface area contributed by atoms with Crippen LogP contribution in [-0.4, -0.2) is 25.5 Å². The zero-order valence-corrected chi connectivity index (χ0v) is 8.27. The van der Waals surface area contributed by atoms with Crippen molar-refractivity contribution in [2.75, 3.05) is 5.73 Å². The molecule has 0 bridgehead atoms. The largest absolute Gasteiger partial charge is 0.381 e. The topological polar surface area (TPSA) is 69.1 Å². The van der Waals surface area contributed by atoms with Crippen molar-refractivity contribution in [3.63, 3.8) is 0 Å². The molecule has 0 aliphatic heterocycles. The van der Waals surface area contributed by atoms with Gasteiger partial charge in [0.25, 0.3) is 0 Å². The Balaban J connectivity index is 2.03. The summed E-state index contributed by atoms with van der Waals surface area (Å²) in [6.45, 7) is 0. The van der Waals surface area contributed by atoms with Crippen LogP contribution in [0.4, 0.5) is 14.6 Å². The second-order valence-corrected chi connectivity index (χ2v) is 4.03. The number of anilines is 1. The summed E-state index contributed by atoms with van der Waals surface area (Å²) in [6.07, 6.45) is 2.80. The van der Waals surface area contributed by atoms with E-state index < -0.39 is 5.92 Å². The van der Waals surface area contributed by atoms with Crippen molar-refractivity contribution in [2.45, 2.75) is 24.7 Å². The molecule has 2 N–H and O–H groups in total. The van der Waals surface area contributed by atoms with Crippen molar-refractivity contribution in [1.82, 2.24) is 19.6 Å². The SMILES string of the molecule is Nc1nccn2c(C3CC(F)(F)C3)nnc12. The van der Waals surface area contributed by atoms with E-state index in [1.54, 1.807) is 10.6 Å². The zero-order valence-electron chi connectivity index (χ0n) is 8.27. The Morgan fingerprint density at radius 1 is 1.38 bits per heavy atom. The molecule has 1 fully saturated rings. The normalized spacial score (nSPS) is 19.9. The van der Waals surface area contributed by atoms with Gasteiger partial charge in [-0.2, -0.15) is 0 Å². The van der Waals surface area contributed by atoms with Crippen LogP contribution in [0.2, 0.25) is 0 Å². The first kappa shape index (κ1) is 9.44. The van der Waals surface area contributed by atoms with Gasteiger partial charge in [0, 0.05) is 31.2 Å². The van der Waals surface area contributed by atoms with Crippen molar-refractivity contribution in [2.24, 2.45) is 0 Å². The van der Waals surface area contributed by atoms with E-state index in [2.05, 4.69) is 15.2 Å². The van der Waals surface area contributed by atoms with E-state index in [0.717, 1.165) is 0 Å². The molecule has 0 spiro atoms. The summed E-state index contributed by atoms with van der Waals surface area (Å²) >= 11 is 0. The smallest absolute Gasteiger partial charge is 0.249 e. The highest BCUT2D eigenvalue weighted by molar-refractivity contribution is 5.58. The van der Waals surface area contributed by atoms with E-state index in [9.17, 15) is 8.78 Å². The molecule has 7 heteroatoms. The fraction of sp³-hybridized carbons (Fsp3) is 0.444. The second kappa shape index (κ2) is 2.87. The molecule has 0 atom stereocenters. The molecule has 5 nitrogen and oxygen atoms in total. The number of nitrogens with two attached hydrogens (primary N) is 1. The molecule has 1 aliphatic carbocycles. The molecular weight excluding hydrogens is 216 g/mol. The maximum atomic E-state index is 12.8. The summed E-state index contributed by atoms with van der Waals surface area (Å²) in [5, 5.41) is 7.75. The molecule has 0 aromatic carbocycles. The Morgan fingerprint density at radius 3 is 2.81 bits per heavy atom. The summed E-state index contributed by atoms with van der Waals surface area (Å²) in [6, 6.07) is 0. The average Bonchev–Trinajstić information content (AvgIpc) is 2.59. The van der Waals surface area contributed by atoms with Gasteiger partial charge in [0.2, 0.25) is 11.6 Å². The van der Waals surface area contributed by atoms with Gasteiger partial charge in [0.05, 0.1) is 0 Å². The fourth-order valence-electron chi connectivity index (χ4n) is 1.99. The van der Waals surface area contributed by atoms with Gasteiger partial charge in [-0.3, -0.25) is 4.40 Å².